The van der Waals surface area contributed by atoms with E-state index in [2.05, 4.69) is 10.3 Å². The lowest BCUT2D eigenvalue weighted by Crippen LogP contribution is -1.93. The van der Waals surface area contributed by atoms with Crippen molar-refractivity contribution in [1.82, 2.24) is 15.0 Å². The molecule has 2 aromatic rings. The maximum absolute atomic E-state index is 5.35. The summed E-state index contributed by atoms with van der Waals surface area (Å²) in [7, 11) is 1.67. The van der Waals surface area contributed by atoms with Crippen LogP contribution in [0.2, 0.25) is 0 Å². The summed E-state index contributed by atoms with van der Waals surface area (Å²) in [5.41, 5.74) is 3.00. The molecule has 0 fully saturated rings. The van der Waals surface area contributed by atoms with Crippen LogP contribution in [0.25, 0.3) is 11.3 Å². The van der Waals surface area contributed by atoms with Gasteiger partial charge in [-0.05, 0) is 31.5 Å². The number of aryl methyl sites for hydroxylation is 2. The molecule has 0 N–H and O–H groups in total. The lowest BCUT2D eigenvalue weighted by Gasteiger charge is -2.06. The predicted octanol–water partition coefficient (Wildman–Crippen LogP) is 2.28. The molecule has 2 rings (SSSR count). The summed E-state index contributed by atoms with van der Waals surface area (Å²) in [5, 5.41) is 8.15. The molecule has 4 heteroatoms. The van der Waals surface area contributed by atoms with Gasteiger partial charge < -0.3 is 4.74 Å². The van der Waals surface area contributed by atoms with Crippen LogP contribution in [0.15, 0.2) is 24.4 Å². The van der Waals surface area contributed by atoms with E-state index in [-0.39, 0.29) is 0 Å². The molecule has 0 unspecified atom stereocenters. The first-order valence-electron chi connectivity index (χ1n) is 5.29. The lowest BCUT2D eigenvalue weighted by atomic mass is 10.1. The van der Waals surface area contributed by atoms with Crippen LogP contribution in [0.4, 0.5) is 0 Å². The third-order valence-electron chi connectivity index (χ3n) is 2.50. The third kappa shape index (κ3) is 1.91. The molecular weight excluding hydrogens is 202 g/mol. The predicted molar refractivity (Wildman–Crippen MR) is 62.4 cm³/mol. The fourth-order valence-corrected chi connectivity index (χ4v) is 1.59. The number of hydrogen-bond donors (Lipinski definition) is 0. The van der Waals surface area contributed by atoms with Gasteiger partial charge in [-0.1, -0.05) is 11.3 Å². The second kappa shape index (κ2) is 4.35. The van der Waals surface area contributed by atoms with Gasteiger partial charge in [0.1, 0.15) is 11.4 Å². The van der Waals surface area contributed by atoms with Crippen molar-refractivity contribution in [3.8, 4) is 17.0 Å². The Bertz CT molecular complexity index is 491. The molecule has 16 heavy (non-hydrogen) atoms. The van der Waals surface area contributed by atoms with Crippen LogP contribution in [-0.2, 0) is 6.54 Å². The van der Waals surface area contributed by atoms with Crippen LogP contribution in [0.5, 0.6) is 5.75 Å². The van der Waals surface area contributed by atoms with Crippen molar-refractivity contribution in [2.45, 2.75) is 20.4 Å². The Morgan fingerprint density at radius 3 is 2.81 bits per heavy atom. The summed E-state index contributed by atoms with van der Waals surface area (Å²) in [5.74, 6) is 0.836. The number of methoxy groups -OCH3 is 1. The zero-order valence-corrected chi connectivity index (χ0v) is 9.77. The number of benzene rings is 1. The Kier molecular flexibility index (Phi) is 2.90. The maximum atomic E-state index is 5.35. The molecule has 84 valence electrons. The van der Waals surface area contributed by atoms with E-state index in [9.17, 15) is 0 Å². The first kappa shape index (κ1) is 10.7. The van der Waals surface area contributed by atoms with Gasteiger partial charge in [0.05, 0.1) is 13.3 Å². The minimum atomic E-state index is 0.821. The largest absolute Gasteiger partial charge is 0.496 e. The molecule has 0 saturated heterocycles. The highest BCUT2D eigenvalue weighted by atomic mass is 16.5. The van der Waals surface area contributed by atoms with Gasteiger partial charge in [0.15, 0.2) is 0 Å². The summed E-state index contributed by atoms with van der Waals surface area (Å²) in [6, 6.07) is 6.06. The van der Waals surface area contributed by atoms with Crippen LogP contribution >= 0.6 is 0 Å². The van der Waals surface area contributed by atoms with Gasteiger partial charge >= 0.3 is 0 Å². The average molecular weight is 217 g/mol. The smallest absolute Gasteiger partial charge is 0.128 e. The summed E-state index contributed by atoms with van der Waals surface area (Å²) < 4.78 is 7.15. The summed E-state index contributed by atoms with van der Waals surface area (Å²) in [6.07, 6.45) is 1.92. The molecule has 0 radical (unpaired) electrons. The number of rotatable bonds is 3. The second-order valence-electron chi connectivity index (χ2n) is 3.66. The molecule has 0 saturated carbocycles. The summed E-state index contributed by atoms with van der Waals surface area (Å²) >= 11 is 0. The Morgan fingerprint density at radius 2 is 2.19 bits per heavy atom. The van der Waals surface area contributed by atoms with Crippen LogP contribution in [0.3, 0.4) is 0 Å². The number of nitrogens with zero attached hydrogens (tertiary/aromatic N) is 3. The van der Waals surface area contributed by atoms with Gasteiger partial charge in [-0.15, -0.1) is 5.10 Å². The molecule has 0 atom stereocenters. The highest BCUT2D eigenvalue weighted by Gasteiger charge is 2.09. The highest BCUT2D eigenvalue weighted by molar-refractivity contribution is 5.66. The van der Waals surface area contributed by atoms with Crippen LogP contribution in [-0.4, -0.2) is 22.1 Å². The van der Waals surface area contributed by atoms with E-state index in [0.29, 0.717) is 0 Å². The Hall–Kier alpha value is -1.84. The van der Waals surface area contributed by atoms with Gasteiger partial charge in [-0.25, -0.2) is 0 Å². The fraction of sp³-hybridized carbons (Fsp3) is 0.333. The van der Waals surface area contributed by atoms with Crippen molar-refractivity contribution in [3.05, 3.63) is 30.0 Å². The Labute approximate surface area is 94.9 Å². The van der Waals surface area contributed by atoms with Crippen molar-refractivity contribution in [2.24, 2.45) is 0 Å². The van der Waals surface area contributed by atoms with Gasteiger partial charge in [0.25, 0.3) is 0 Å². The number of ether oxygens (including phenoxy) is 1. The third-order valence-corrected chi connectivity index (χ3v) is 2.50. The summed E-state index contributed by atoms with van der Waals surface area (Å²) in [4.78, 5) is 0. The number of hydrogen-bond acceptors (Lipinski definition) is 3. The fourth-order valence-electron chi connectivity index (χ4n) is 1.59. The van der Waals surface area contributed by atoms with Crippen molar-refractivity contribution in [2.75, 3.05) is 7.11 Å². The molecule has 1 heterocycles. The first-order valence-corrected chi connectivity index (χ1v) is 5.29. The van der Waals surface area contributed by atoms with E-state index in [1.165, 1.54) is 5.56 Å². The zero-order valence-electron chi connectivity index (χ0n) is 9.77. The van der Waals surface area contributed by atoms with Crippen LogP contribution in [0, 0.1) is 6.92 Å². The van der Waals surface area contributed by atoms with E-state index in [1.54, 1.807) is 11.8 Å². The topological polar surface area (TPSA) is 39.9 Å². The average Bonchev–Trinajstić information content (AvgIpc) is 2.77. The monoisotopic (exact) mass is 217 g/mol. The molecule has 0 spiro atoms. The van der Waals surface area contributed by atoms with Gasteiger partial charge in [0, 0.05) is 12.1 Å². The minimum Gasteiger partial charge on any atom is -0.496 e. The van der Waals surface area contributed by atoms with E-state index in [4.69, 9.17) is 4.74 Å². The lowest BCUT2D eigenvalue weighted by molar-refractivity contribution is 0.416. The molecule has 4 nitrogen and oxygen atoms in total. The van der Waals surface area contributed by atoms with Gasteiger partial charge in [-0.2, -0.15) is 0 Å². The van der Waals surface area contributed by atoms with Crippen molar-refractivity contribution < 1.29 is 4.74 Å². The molecule has 0 aliphatic rings. The molecule has 1 aromatic carbocycles. The van der Waals surface area contributed by atoms with E-state index < -0.39 is 0 Å². The number of aromatic nitrogens is 3. The molecule has 0 aliphatic carbocycles. The van der Waals surface area contributed by atoms with Gasteiger partial charge in [-0.3, -0.25) is 4.68 Å². The molecule has 1 aromatic heterocycles. The second-order valence-corrected chi connectivity index (χ2v) is 3.66. The maximum Gasteiger partial charge on any atom is 0.128 e. The van der Waals surface area contributed by atoms with E-state index in [1.807, 2.05) is 38.2 Å². The van der Waals surface area contributed by atoms with Crippen molar-refractivity contribution in [3.63, 3.8) is 0 Å². The van der Waals surface area contributed by atoms with Crippen molar-refractivity contribution in [1.29, 1.82) is 0 Å². The molecule has 0 aliphatic heterocycles. The summed E-state index contributed by atoms with van der Waals surface area (Å²) in [6.45, 7) is 4.89. The van der Waals surface area contributed by atoms with Crippen molar-refractivity contribution >= 4 is 0 Å². The Balaban J connectivity index is 2.46. The highest BCUT2D eigenvalue weighted by Crippen LogP contribution is 2.28. The SMILES string of the molecule is CCn1cc(-c2ccc(C)cc2OC)nn1. The Morgan fingerprint density at radius 1 is 1.38 bits per heavy atom. The van der Waals surface area contributed by atoms with Crippen LogP contribution < -0.4 is 4.74 Å². The normalized spacial score (nSPS) is 10.4. The van der Waals surface area contributed by atoms with Gasteiger partial charge in [0.2, 0.25) is 0 Å². The standard InChI is InChI=1S/C12H15N3O/c1-4-15-8-11(13-14-15)10-6-5-9(2)7-12(10)16-3/h5-8H,4H2,1-3H3. The first-order chi connectivity index (χ1) is 7.74. The zero-order chi connectivity index (χ0) is 11.5. The van der Waals surface area contributed by atoms with E-state index >= 15 is 0 Å². The van der Waals surface area contributed by atoms with Crippen LogP contribution in [0.1, 0.15) is 12.5 Å². The molecular formula is C12H15N3O. The minimum absolute atomic E-state index is 0.821. The quantitative estimate of drug-likeness (QED) is 0.791. The van der Waals surface area contributed by atoms with E-state index in [0.717, 1.165) is 23.6 Å². The molecule has 0 amide bonds. The molecule has 0 bridgehead atoms.